The second-order valence-electron chi connectivity index (χ2n) is 8.44. The maximum Gasteiger partial charge on any atom is 0.228 e. The average molecular weight is 354 g/mol. The van der Waals surface area contributed by atoms with Gasteiger partial charge in [0.25, 0.3) is 0 Å². The number of likely N-dealkylation sites (tertiary alicyclic amines) is 1. The van der Waals surface area contributed by atoms with Crippen molar-refractivity contribution < 1.29 is 4.79 Å². The van der Waals surface area contributed by atoms with E-state index >= 15 is 0 Å². The van der Waals surface area contributed by atoms with Crippen molar-refractivity contribution in [3.8, 4) is 0 Å². The third kappa shape index (κ3) is 2.83. The lowest BCUT2D eigenvalue weighted by molar-refractivity contribution is -0.137. The van der Waals surface area contributed by atoms with Gasteiger partial charge in [0.1, 0.15) is 5.82 Å². The van der Waals surface area contributed by atoms with Gasteiger partial charge in [-0.15, -0.1) is 10.2 Å². The molecule has 0 bridgehead atoms. The zero-order valence-electron chi connectivity index (χ0n) is 15.3. The molecule has 0 aromatic carbocycles. The molecule has 7 heteroatoms. The number of nitrogens with zero attached hydrogens (tertiary/aromatic N) is 6. The molecule has 1 aliphatic heterocycles. The molecule has 5 rings (SSSR count). The van der Waals surface area contributed by atoms with Gasteiger partial charge in [0.2, 0.25) is 5.91 Å². The van der Waals surface area contributed by atoms with Crippen LogP contribution in [0.1, 0.15) is 69.1 Å². The van der Waals surface area contributed by atoms with Crippen LogP contribution in [0.3, 0.4) is 0 Å². The van der Waals surface area contributed by atoms with E-state index in [1.165, 1.54) is 12.8 Å². The van der Waals surface area contributed by atoms with Crippen LogP contribution in [-0.2, 0) is 11.3 Å². The van der Waals surface area contributed by atoms with Gasteiger partial charge < -0.3 is 14.0 Å². The minimum absolute atomic E-state index is 0.0567. The molecule has 2 aromatic heterocycles. The Hall–Kier alpha value is -2.18. The molecular formula is C19H26N6O. The van der Waals surface area contributed by atoms with Crippen LogP contribution in [0.25, 0.3) is 0 Å². The summed E-state index contributed by atoms with van der Waals surface area (Å²) in [5.74, 6) is 2.94. The van der Waals surface area contributed by atoms with Gasteiger partial charge in [0.15, 0.2) is 5.82 Å². The molecule has 3 heterocycles. The van der Waals surface area contributed by atoms with Crippen LogP contribution in [0.4, 0.5) is 0 Å². The van der Waals surface area contributed by atoms with E-state index in [4.69, 9.17) is 0 Å². The van der Waals surface area contributed by atoms with E-state index in [2.05, 4.69) is 31.6 Å². The van der Waals surface area contributed by atoms with Gasteiger partial charge in [0, 0.05) is 42.9 Å². The normalized spacial score (nSPS) is 22.6. The Balaban J connectivity index is 1.31. The van der Waals surface area contributed by atoms with E-state index in [-0.39, 0.29) is 5.41 Å². The molecule has 7 nitrogen and oxygen atoms in total. The van der Waals surface area contributed by atoms with Gasteiger partial charge in [-0.1, -0.05) is 6.92 Å². The molecule has 0 atom stereocenters. The molecule has 138 valence electrons. The Morgan fingerprint density at radius 2 is 1.96 bits per heavy atom. The van der Waals surface area contributed by atoms with Crippen molar-refractivity contribution in [3.05, 3.63) is 30.4 Å². The number of carbonyl (C=O) groups is 1. The summed E-state index contributed by atoms with van der Waals surface area (Å²) in [5, 5.41) is 9.10. The Labute approximate surface area is 153 Å². The average Bonchev–Trinajstić information content (AvgIpc) is 3.55. The van der Waals surface area contributed by atoms with Crippen LogP contribution in [-0.4, -0.2) is 48.2 Å². The molecule has 1 amide bonds. The lowest BCUT2D eigenvalue weighted by atomic mass is 9.94. The predicted molar refractivity (Wildman–Crippen MR) is 95.5 cm³/mol. The minimum Gasteiger partial charge on any atom is -0.342 e. The van der Waals surface area contributed by atoms with Crippen LogP contribution in [0.2, 0.25) is 0 Å². The zero-order valence-corrected chi connectivity index (χ0v) is 15.3. The Morgan fingerprint density at radius 1 is 1.19 bits per heavy atom. The van der Waals surface area contributed by atoms with Gasteiger partial charge in [-0.05, 0) is 38.5 Å². The van der Waals surface area contributed by atoms with E-state index in [0.717, 1.165) is 57.0 Å². The van der Waals surface area contributed by atoms with Crippen LogP contribution in [0.15, 0.2) is 18.7 Å². The van der Waals surface area contributed by atoms with Crippen LogP contribution in [0.5, 0.6) is 0 Å². The molecule has 26 heavy (non-hydrogen) atoms. The predicted octanol–water partition coefficient (Wildman–Crippen LogP) is 2.36. The topological polar surface area (TPSA) is 68.8 Å². The number of aromatic nitrogens is 5. The molecule has 0 radical (unpaired) electrons. The van der Waals surface area contributed by atoms with Crippen molar-refractivity contribution in [2.75, 3.05) is 13.1 Å². The molecule has 0 spiro atoms. The highest BCUT2D eigenvalue weighted by Crippen LogP contribution is 2.47. The first-order valence-electron chi connectivity index (χ1n) is 9.83. The number of piperidine rings is 1. The molecule has 3 fully saturated rings. The summed E-state index contributed by atoms with van der Waals surface area (Å²) in [7, 11) is 0. The highest BCUT2D eigenvalue weighted by atomic mass is 16.2. The molecule has 1 saturated heterocycles. The smallest absolute Gasteiger partial charge is 0.228 e. The Morgan fingerprint density at radius 3 is 2.58 bits per heavy atom. The maximum atomic E-state index is 12.6. The molecule has 0 unspecified atom stereocenters. The fraction of sp³-hybridized carbons (Fsp3) is 0.684. The summed E-state index contributed by atoms with van der Waals surface area (Å²) in [6, 6.07) is 0.559. The fourth-order valence-electron chi connectivity index (χ4n) is 4.12. The second-order valence-corrected chi connectivity index (χ2v) is 8.44. The van der Waals surface area contributed by atoms with E-state index in [1.54, 1.807) is 6.20 Å². The quantitative estimate of drug-likeness (QED) is 0.827. The van der Waals surface area contributed by atoms with Gasteiger partial charge in [-0.2, -0.15) is 0 Å². The number of hydrogen-bond acceptors (Lipinski definition) is 4. The van der Waals surface area contributed by atoms with Crippen molar-refractivity contribution >= 4 is 5.91 Å². The lowest BCUT2D eigenvalue weighted by Crippen LogP contribution is -2.41. The van der Waals surface area contributed by atoms with Crippen LogP contribution in [0, 0.1) is 5.41 Å². The van der Waals surface area contributed by atoms with Gasteiger partial charge in [-0.3, -0.25) is 4.79 Å². The highest BCUT2D eigenvalue weighted by Gasteiger charge is 2.47. The number of carbonyl (C=O) groups excluding carboxylic acids is 1. The number of amides is 1. The summed E-state index contributed by atoms with van der Waals surface area (Å²) in [6.45, 7) is 4.54. The Kier molecular flexibility index (Phi) is 3.65. The summed E-state index contributed by atoms with van der Waals surface area (Å²) < 4.78 is 4.43. The van der Waals surface area contributed by atoms with Crippen molar-refractivity contribution in [1.29, 1.82) is 0 Å². The van der Waals surface area contributed by atoms with Crippen molar-refractivity contribution in [1.82, 2.24) is 29.2 Å². The molecule has 3 aliphatic rings. The number of imidazole rings is 1. The van der Waals surface area contributed by atoms with Crippen molar-refractivity contribution in [2.24, 2.45) is 5.41 Å². The first kappa shape index (κ1) is 16.0. The van der Waals surface area contributed by atoms with E-state index in [9.17, 15) is 4.79 Å². The third-order valence-electron chi connectivity index (χ3n) is 6.25. The van der Waals surface area contributed by atoms with Crippen LogP contribution < -0.4 is 0 Å². The van der Waals surface area contributed by atoms with Gasteiger partial charge in [-0.25, -0.2) is 4.98 Å². The van der Waals surface area contributed by atoms with Crippen LogP contribution >= 0.6 is 0 Å². The zero-order chi connectivity index (χ0) is 17.7. The fourth-order valence-corrected chi connectivity index (χ4v) is 4.12. The summed E-state index contributed by atoms with van der Waals surface area (Å²) in [5.41, 5.74) is -0.0567. The summed E-state index contributed by atoms with van der Waals surface area (Å²) >= 11 is 0. The van der Waals surface area contributed by atoms with Crippen molar-refractivity contribution in [3.63, 3.8) is 0 Å². The SMILES string of the molecule is CC1(C(=O)N2CCC(c3nnc(Cn4ccnc4)n3C3CC3)CC2)CC1. The molecule has 0 N–H and O–H groups in total. The maximum absolute atomic E-state index is 12.6. The van der Waals surface area contributed by atoms with E-state index in [0.29, 0.717) is 17.9 Å². The summed E-state index contributed by atoms with van der Waals surface area (Å²) in [6.07, 6.45) is 12.1. The lowest BCUT2D eigenvalue weighted by Gasteiger charge is -2.33. The van der Waals surface area contributed by atoms with E-state index in [1.807, 2.05) is 17.1 Å². The van der Waals surface area contributed by atoms with Gasteiger partial charge in [0.05, 0.1) is 12.9 Å². The molecule has 2 aromatic rings. The first-order valence-corrected chi connectivity index (χ1v) is 9.83. The largest absolute Gasteiger partial charge is 0.342 e. The summed E-state index contributed by atoms with van der Waals surface area (Å²) in [4.78, 5) is 18.8. The first-order chi connectivity index (χ1) is 12.6. The minimum atomic E-state index is -0.0567. The molecule has 2 aliphatic carbocycles. The number of hydrogen-bond donors (Lipinski definition) is 0. The monoisotopic (exact) mass is 354 g/mol. The van der Waals surface area contributed by atoms with Gasteiger partial charge >= 0.3 is 0 Å². The molecule has 2 saturated carbocycles. The van der Waals surface area contributed by atoms with Crippen molar-refractivity contribution in [2.45, 2.75) is 64.0 Å². The highest BCUT2D eigenvalue weighted by molar-refractivity contribution is 5.85. The molecular weight excluding hydrogens is 328 g/mol. The Bertz CT molecular complexity index is 794. The third-order valence-corrected chi connectivity index (χ3v) is 6.25. The standard InChI is InChI=1S/C19H26N6O/c1-19(6-7-19)18(26)24-9-4-14(5-10-24)17-22-21-16(25(17)15-2-3-15)12-23-11-8-20-13-23/h8,11,13-15H,2-7,9-10,12H2,1H3. The second kappa shape index (κ2) is 5.93. The van der Waals surface area contributed by atoms with E-state index < -0.39 is 0 Å². The number of rotatable bonds is 5.